The maximum Gasteiger partial charge on any atom is 0.164 e. The van der Waals surface area contributed by atoms with Crippen LogP contribution in [0.3, 0.4) is 0 Å². The summed E-state index contributed by atoms with van der Waals surface area (Å²) < 4.78 is 7.72. The number of H-pyrrole nitrogens is 1. The van der Waals surface area contributed by atoms with Crippen molar-refractivity contribution in [1.29, 1.82) is 0 Å². The molecule has 4 aromatic rings. The number of imidazole rings is 1. The Morgan fingerprint density at radius 1 is 1.12 bits per heavy atom. The molecule has 0 bridgehead atoms. The van der Waals surface area contributed by atoms with Crippen molar-refractivity contribution in [1.82, 2.24) is 24.5 Å². The van der Waals surface area contributed by atoms with Crippen LogP contribution in [0.4, 0.5) is 5.82 Å². The molecular weight excluding hydrogens is 428 g/mol. The van der Waals surface area contributed by atoms with Crippen molar-refractivity contribution < 1.29 is 14.9 Å². The SMILES string of the molecule is Nc1ncnc2c1ccn2C1OC(CSCCCCc2nc3ccccc3[nH]2)C(O)C1O. The van der Waals surface area contributed by atoms with Crippen LogP contribution < -0.4 is 5.73 Å². The molecule has 4 heterocycles. The van der Waals surface area contributed by atoms with Crippen molar-refractivity contribution in [3.8, 4) is 0 Å². The number of thioether (sulfide) groups is 1. The zero-order valence-electron chi connectivity index (χ0n) is 17.5. The van der Waals surface area contributed by atoms with Gasteiger partial charge in [-0.05, 0) is 36.8 Å². The number of anilines is 1. The first-order valence-corrected chi connectivity index (χ1v) is 11.9. The first-order valence-electron chi connectivity index (χ1n) is 10.7. The molecule has 5 rings (SSSR count). The number of nitrogens with zero attached hydrogens (tertiary/aromatic N) is 4. The quantitative estimate of drug-likeness (QED) is 0.298. The number of fused-ring (bicyclic) bond motifs is 2. The number of benzene rings is 1. The second-order valence-corrected chi connectivity index (χ2v) is 9.15. The lowest BCUT2D eigenvalue weighted by Gasteiger charge is -2.17. The molecule has 3 aromatic heterocycles. The van der Waals surface area contributed by atoms with Gasteiger partial charge in [0.1, 0.15) is 35.8 Å². The highest BCUT2D eigenvalue weighted by Crippen LogP contribution is 2.34. The minimum atomic E-state index is -1.04. The largest absolute Gasteiger partial charge is 0.387 e. The number of nitrogens with two attached hydrogens (primary N) is 1. The molecule has 1 saturated heterocycles. The molecule has 1 fully saturated rings. The molecule has 168 valence electrons. The Balaban J connectivity index is 1.10. The maximum atomic E-state index is 10.6. The van der Waals surface area contributed by atoms with Crippen molar-refractivity contribution in [2.45, 2.75) is 43.8 Å². The Hall–Kier alpha value is -2.66. The van der Waals surface area contributed by atoms with E-state index in [0.717, 1.165) is 41.9 Å². The van der Waals surface area contributed by atoms with Gasteiger partial charge in [0.2, 0.25) is 0 Å². The Kier molecular flexibility index (Phi) is 6.01. The van der Waals surface area contributed by atoms with E-state index in [4.69, 9.17) is 10.5 Å². The summed E-state index contributed by atoms with van der Waals surface area (Å²) >= 11 is 1.72. The first kappa shape index (κ1) is 21.2. The lowest BCUT2D eigenvalue weighted by atomic mass is 10.1. The predicted octanol–water partition coefficient (Wildman–Crippen LogP) is 2.27. The fraction of sp³-hybridized carbons (Fsp3) is 0.409. The van der Waals surface area contributed by atoms with Crippen LogP contribution >= 0.6 is 11.8 Å². The van der Waals surface area contributed by atoms with Crippen LogP contribution in [-0.4, -0.2) is 64.5 Å². The average molecular weight is 455 g/mol. The van der Waals surface area contributed by atoms with E-state index in [0.29, 0.717) is 22.6 Å². The van der Waals surface area contributed by atoms with Crippen molar-refractivity contribution in [2.24, 2.45) is 0 Å². The van der Waals surface area contributed by atoms with Gasteiger partial charge in [-0.15, -0.1) is 0 Å². The first-order chi connectivity index (χ1) is 15.6. The maximum absolute atomic E-state index is 10.6. The molecule has 0 amide bonds. The van der Waals surface area contributed by atoms with Crippen LogP contribution in [0.1, 0.15) is 24.9 Å². The van der Waals surface area contributed by atoms with E-state index in [2.05, 4.69) is 19.9 Å². The van der Waals surface area contributed by atoms with Gasteiger partial charge in [-0.25, -0.2) is 15.0 Å². The standard InChI is InChI=1S/C22H26N6O3S/c23-20-13-8-9-28(21(13)25-12-24-20)22-19(30)18(29)16(31-22)11-32-10-4-3-7-17-26-14-5-1-2-6-15(14)27-17/h1-2,5-6,8-9,12,16,18-19,22,29-30H,3-4,7,10-11H2,(H,26,27)(H2,23,24,25). The summed E-state index contributed by atoms with van der Waals surface area (Å²) in [5, 5.41) is 21.8. The third kappa shape index (κ3) is 4.06. The molecule has 0 spiro atoms. The molecule has 4 atom stereocenters. The van der Waals surface area contributed by atoms with Gasteiger partial charge in [0.05, 0.1) is 22.5 Å². The van der Waals surface area contributed by atoms with E-state index in [1.807, 2.05) is 24.3 Å². The van der Waals surface area contributed by atoms with Crippen LogP contribution in [0.5, 0.6) is 0 Å². The van der Waals surface area contributed by atoms with Gasteiger partial charge in [0.15, 0.2) is 6.23 Å². The number of aromatic nitrogens is 5. The number of nitrogens with one attached hydrogen (secondary N) is 1. The molecule has 0 radical (unpaired) electrons. The Labute approximate surface area is 189 Å². The minimum absolute atomic E-state index is 0.372. The molecule has 32 heavy (non-hydrogen) atoms. The summed E-state index contributed by atoms with van der Waals surface area (Å²) in [5.41, 5.74) is 8.54. The third-order valence-corrected chi connectivity index (χ3v) is 6.97. The smallest absolute Gasteiger partial charge is 0.164 e. The number of nitrogen functional groups attached to an aromatic ring is 1. The molecule has 1 aliphatic rings. The van der Waals surface area contributed by atoms with E-state index >= 15 is 0 Å². The molecular formula is C22H26N6O3S. The second-order valence-electron chi connectivity index (χ2n) is 8.00. The summed E-state index contributed by atoms with van der Waals surface area (Å²) in [6, 6.07) is 9.83. The summed E-state index contributed by atoms with van der Waals surface area (Å²) in [6.07, 6.45) is 2.94. The van der Waals surface area contributed by atoms with Crippen LogP contribution in [0.25, 0.3) is 22.1 Å². The van der Waals surface area contributed by atoms with E-state index in [9.17, 15) is 10.2 Å². The van der Waals surface area contributed by atoms with E-state index < -0.39 is 24.5 Å². The number of para-hydroxylation sites is 2. The van der Waals surface area contributed by atoms with Crippen molar-refractivity contribution >= 4 is 39.6 Å². The van der Waals surface area contributed by atoms with E-state index in [1.54, 1.807) is 28.6 Å². The zero-order chi connectivity index (χ0) is 22.1. The fourth-order valence-electron chi connectivity index (χ4n) is 4.11. The Bertz CT molecular complexity index is 1180. The number of ether oxygens (including phenoxy) is 1. The van der Waals surface area contributed by atoms with Crippen LogP contribution in [0, 0.1) is 0 Å². The van der Waals surface area contributed by atoms with Gasteiger partial charge in [-0.1, -0.05) is 12.1 Å². The van der Waals surface area contributed by atoms with Crippen molar-refractivity contribution in [3.63, 3.8) is 0 Å². The second kappa shape index (κ2) is 9.07. The third-order valence-electron chi connectivity index (χ3n) is 5.82. The Morgan fingerprint density at radius 2 is 2.00 bits per heavy atom. The van der Waals surface area contributed by atoms with E-state index in [1.165, 1.54) is 6.33 Å². The zero-order valence-corrected chi connectivity index (χ0v) is 18.3. The number of aliphatic hydroxyl groups excluding tert-OH is 2. The average Bonchev–Trinajstić information content (AvgIpc) is 3.48. The summed E-state index contributed by atoms with van der Waals surface area (Å²) in [4.78, 5) is 16.2. The van der Waals surface area contributed by atoms with E-state index in [-0.39, 0.29) is 0 Å². The highest BCUT2D eigenvalue weighted by atomic mass is 32.2. The molecule has 0 aliphatic carbocycles. The highest BCUT2D eigenvalue weighted by molar-refractivity contribution is 7.99. The molecule has 1 aromatic carbocycles. The lowest BCUT2D eigenvalue weighted by Crippen LogP contribution is -2.32. The molecule has 10 heteroatoms. The topological polar surface area (TPSA) is 135 Å². The lowest BCUT2D eigenvalue weighted by molar-refractivity contribution is -0.0285. The molecule has 4 unspecified atom stereocenters. The van der Waals surface area contributed by atoms with Crippen molar-refractivity contribution in [2.75, 3.05) is 17.2 Å². The number of hydrogen-bond acceptors (Lipinski definition) is 8. The molecule has 5 N–H and O–H groups in total. The number of aliphatic hydroxyl groups is 2. The van der Waals surface area contributed by atoms with Gasteiger partial charge >= 0.3 is 0 Å². The molecule has 0 saturated carbocycles. The van der Waals surface area contributed by atoms with Gasteiger partial charge in [-0.3, -0.25) is 0 Å². The van der Waals surface area contributed by atoms with Gasteiger partial charge in [0, 0.05) is 18.4 Å². The number of aromatic amines is 1. The van der Waals surface area contributed by atoms with Gasteiger partial charge < -0.3 is 30.2 Å². The Morgan fingerprint density at radius 3 is 2.88 bits per heavy atom. The van der Waals surface area contributed by atoms with Gasteiger partial charge in [-0.2, -0.15) is 11.8 Å². The summed E-state index contributed by atoms with van der Waals surface area (Å²) in [5.74, 6) is 2.94. The van der Waals surface area contributed by atoms with Crippen LogP contribution in [0.15, 0.2) is 42.9 Å². The normalized spacial score (nSPS) is 23.4. The molecule has 9 nitrogen and oxygen atoms in total. The van der Waals surface area contributed by atoms with Crippen molar-refractivity contribution in [3.05, 3.63) is 48.7 Å². The number of hydrogen-bond donors (Lipinski definition) is 4. The summed E-state index contributed by atoms with van der Waals surface area (Å²) in [6.45, 7) is 0. The minimum Gasteiger partial charge on any atom is -0.387 e. The highest BCUT2D eigenvalue weighted by Gasteiger charge is 2.43. The van der Waals surface area contributed by atoms with Crippen LogP contribution in [0.2, 0.25) is 0 Å². The number of aryl methyl sites for hydroxylation is 1. The fourth-order valence-corrected chi connectivity index (χ4v) is 5.20. The van der Waals surface area contributed by atoms with Gasteiger partial charge in [0.25, 0.3) is 0 Å². The number of unbranched alkanes of at least 4 members (excludes halogenated alkanes) is 1. The number of rotatable bonds is 8. The van der Waals surface area contributed by atoms with Crippen LogP contribution in [-0.2, 0) is 11.2 Å². The monoisotopic (exact) mass is 454 g/mol. The predicted molar refractivity (Wildman–Crippen MR) is 124 cm³/mol. The summed E-state index contributed by atoms with van der Waals surface area (Å²) in [7, 11) is 0. The molecule has 1 aliphatic heterocycles.